The molecule has 7 nitrogen and oxygen atoms in total. The van der Waals surface area contributed by atoms with Crippen molar-refractivity contribution < 1.29 is 9.90 Å². The highest BCUT2D eigenvalue weighted by molar-refractivity contribution is 6.07. The van der Waals surface area contributed by atoms with Gasteiger partial charge in [-0.2, -0.15) is 5.10 Å². The minimum Gasteiger partial charge on any atom is -0.508 e. The lowest BCUT2D eigenvalue weighted by molar-refractivity contribution is 0.102. The predicted molar refractivity (Wildman–Crippen MR) is 69.8 cm³/mol. The molecule has 0 spiro atoms. The SMILES string of the molecule is Cc1nnc(NC(=O)c2cc(O)ccc2N)nc1C. The summed E-state index contributed by atoms with van der Waals surface area (Å²) in [4.78, 5) is 16.1. The van der Waals surface area contributed by atoms with E-state index in [0.29, 0.717) is 11.4 Å². The number of anilines is 2. The highest BCUT2D eigenvalue weighted by Gasteiger charge is 2.13. The molecule has 1 aromatic carbocycles. The van der Waals surface area contributed by atoms with Gasteiger partial charge in [0.2, 0.25) is 5.95 Å². The fourth-order valence-electron chi connectivity index (χ4n) is 1.42. The van der Waals surface area contributed by atoms with Gasteiger partial charge in [0.1, 0.15) is 5.75 Å². The fourth-order valence-corrected chi connectivity index (χ4v) is 1.42. The van der Waals surface area contributed by atoms with Crippen LogP contribution in [-0.2, 0) is 0 Å². The molecule has 1 aromatic heterocycles. The van der Waals surface area contributed by atoms with Crippen molar-refractivity contribution in [1.29, 1.82) is 0 Å². The Morgan fingerprint density at radius 3 is 2.68 bits per heavy atom. The first kappa shape index (κ1) is 12.7. The Balaban J connectivity index is 2.25. The summed E-state index contributed by atoms with van der Waals surface area (Å²) < 4.78 is 0. The second-order valence-electron chi connectivity index (χ2n) is 4.03. The Labute approximate surface area is 109 Å². The zero-order chi connectivity index (χ0) is 14.0. The minimum absolute atomic E-state index is 0.0431. The maximum atomic E-state index is 12.0. The summed E-state index contributed by atoms with van der Waals surface area (Å²) in [5.41, 5.74) is 7.45. The monoisotopic (exact) mass is 259 g/mol. The summed E-state index contributed by atoms with van der Waals surface area (Å²) in [5, 5.41) is 19.5. The average Bonchev–Trinajstić information content (AvgIpc) is 2.36. The lowest BCUT2D eigenvalue weighted by Gasteiger charge is -2.07. The number of aryl methyl sites for hydroxylation is 2. The van der Waals surface area contributed by atoms with Gasteiger partial charge in [0.15, 0.2) is 0 Å². The van der Waals surface area contributed by atoms with Crippen molar-refractivity contribution >= 4 is 17.5 Å². The molecule has 0 aliphatic carbocycles. The van der Waals surface area contributed by atoms with Crippen LogP contribution < -0.4 is 11.1 Å². The van der Waals surface area contributed by atoms with Gasteiger partial charge in [0.25, 0.3) is 5.91 Å². The van der Waals surface area contributed by atoms with Gasteiger partial charge in [-0.05, 0) is 32.0 Å². The molecule has 0 saturated carbocycles. The summed E-state index contributed by atoms with van der Waals surface area (Å²) in [6.07, 6.45) is 0. The van der Waals surface area contributed by atoms with E-state index in [0.717, 1.165) is 0 Å². The molecular weight excluding hydrogens is 246 g/mol. The molecule has 2 rings (SSSR count). The maximum absolute atomic E-state index is 12.0. The number of phenolic OH excluding ortho intramolecular Hbond substituents is 1. The van der Waals surface area contributed by atoms with Gasteiger partial charge in [-0.25, -0.2) is 4.98 Å². The van der Waals surface area contributed by atoms with Gasteiger partial charge in [0, 0.05) is 5.69 Å². The first-order valence-electron chi connectivity index (χ1n) is 5.55. The average molecular weight is 259 g/mol. The van der Waals surface area contributed by atoms with Crippen LogP contribution in [0.1, 0.15) is 21.7 Å². The lowest BCUT2D eigenvalue weighted by atomic mass is 10.1. The van der Waals surface area contributed by atoms with E-state index in [1.807, 2.05) is 0 Å². The molecule has 1 amide bonds. The van der Waals surface area contributed by atoms with E-state index in [9.17, 15) is 9.90 Å². The highest BCUT2D eigenvalue weighted by Crippen LogP contribution is 2.19. The molecule has 0 radical (unpaired) electrons. The zero-order valence-electron chi connectivity index (χ0n) is 10.5. The Morgan fingerprint density at radius 1 is 1.26 bits per heavy atom. The largest absolute Gasteiger partial charge is 0.508 e. The number of nitrogens with zero attached hydrogens (tertiary/aromatic N) is 3. The standard InChI is InChI=1S/C12H13N5O2/c1-6-7(2)16-17-12(14-6)15-11(19)9-5-8(18)3-4-10(9)13/h3-5,18H,13H2,1-2H3,(H,14,15,17,19). The summed E-state index contributed by atoms with van der Waals surface area (Å²) in [5.74, 6) is -0.451. The zero-order valence-corrected chi connectivity index (χ0v) is 10.5. The van der Waals surface area contributed by atoms with Crippen LogP contribution in [0.4, 0.5) is 11.6 Å². The van der Waals surface area contributed by atoms with Crippen LogP contribution in [0.2, 0.25) is 0 Å². The van der Waals surface area contributed by atoms with Crippen LogP contribution in [0, 0.1) is 13.8 Å². The number of nitrogens with one attached hydrogen (secondary N) is 1. The fraction of sp³-hybridized carbons (Fsp3) is 0.167. The minimum atomic E-state index is -0.501. The number of aromatic nitrogens is 3. The summed E-state index contributed by atoms with van der Waals surface area (Å²) in [6.45, 7) is 3.54. The van der Waals surface area contributed by atoms with Crippen molar-refractivity contribution in [3.05, 3.63) is 35.2 Å². The van der Waals surface area contributed by atoms with E-state index >= 15 is 0 Å². The number of rotatable bonds is 2. The van der Waals surface area contributed by atoms with Crippen molar-refractivity contribution in [1.82, 2.24) is 15.2 Å². The van der Waals surface area contributed by atoms with Crippen molar-refractivity contribution in [2.24, 2.45) is 0 Å². The third kappa shape index (κ3) is 2.76. The van der Waals surface area contributed by atoms with Crippen LogP contribution in [0.5, 0.6) is 5.75 Å². The number of hydrogen-bond donors (Lipinski definition) is 3. The summed E-state index contributed by atoms with van der Waals surface area (Å²) >= 11 is 0. The van der Waals surface area contributed by atoms with Crippen LogP contribution in [0.25, 0.3) is 0 Å². The molecule has 19 heavy (non-hydrogen) atoms. The van der Waals surface area contributed by atoms with Gasteiger partial charge >= 0.3 is 0 Å². The molecule has 0 unspecified atom stereocenters. The predicted octanol–water partition coefficient (Wildman–Crippen LogP) is 1.03. The van der Waals surface area contributed by atoms with E-state index in [1.165, 1.54) is 18.2 Å². The van der Waals surface area contributed by atoms with Gasteiger partial charge in [-0.15, -0.1) is 5.10 Å². The van der Waals surface area contributed by atoms with Crippen molar-refractivity contribution in [2.45, 2.75) is 13.8 Å². The molecule has 0 bridgehead atoms. The molecule has 2 aromatic rings. The number of carbonyl (C=O) groups is 1. The van der Waals surface area contributed by atoms with Crippen LogP contribution >= 0.6 is 0 Å². The molecule has 0 saturated heterocycles. The summed E-state index contributed by atoms with van der Waals surface area (Å²) in [6, 6.07) is 4.13. The van der Waals surface area contributed by atoms with Gasteiger partial charge in [-0.1, -0.05) is 0 Å². The molecule has 98 valence electrons. The number of hydrogen-bond acceptors (Lipinski definition) is 6. The molecule has 0 fully saturated rings. The Hall–Kier alpha value is -2.70. The van der Waals surface area contributed by atoms with Crippen LogP contribution in [0.3, 0.4) is 0 Å². The molecule has 1 heterocycles. The topological polar surface area (TPSA) is 114 Å². The second-order valence-corrected chi connectivity index (χ2v) is 4.03. The van der Waals surface area contributed by atoms with Gasteiger partial charge < -0.3 is 10.8 Å². The van der Waals surface area contributed by atoms with Crippen LogP contribution in [0.15, 0.2) is 18.2 Å². The number of nitrogen functional groups attached to an aromatic ring is 1. The smallest absolute Gasteiger partial charge is 0.260 e. The number of carbonyl (C=O) groups excluding carboxylic acids is 1. The highest BCUT2D eigenvalue weighted by atomic mass is 16.3. The Morgan fingerprint density at radius 2 is 2.00 bits per heavy atom. The molecule has 0 aliphatic rings. The van der Waals surface area contributed by atoms with Crippen molar-refractivity contribution in [3.8, 4) is 5.75 Å². The lowest BCUT2D eigenvalue weighted by Crippen LogP contribution is -2.17. The molecule has 4 N–H and O–H groups in total. The quantitative estimate of drug-likeness (QED) is 0.548. The number of benzene rings is 1. The first-order chi connectivity index (χ1) is 8.97. The number of aromatic hydroxyl groups is 1. The van der Waals surface area contributed by atoms with E-state index in [4.69, 9.17) is 5.73 Å². The third-order valence-electron chi connectivity index (χ3n) is 2.60. The number of nitrogens with two attached hydrogens (primary N) is 1. The Kier molecular flexibility index (Phi) is 3.28. The van der Waals surface area contributed by atoms with Crippen molar-refractivity contribution in [3.63, 3.8) is 0 Å². The second kappa shape index (κ2) is 4.89. The maximum Gasteiger partial charge on any atom is 0.260 e. The van der Waals surface area contributed by atoms with Gasteiger partial charge in [-0.3, -0.25) is 10.1 Å². The van der Waals surface area contributed by atoms with E-state index in [-0.39, 0.29) is 22.9 Å². The van der Waals surface area contributed by atoms with Crippen LogP contribution in [-0.4, -0.2) is 26.2 Å². The number of amides is 1. The number of phenols is 1. The normalized spacial score (nSPS) is 10.2. The van der Waals surface area contributed by atoms with Crippen molar-refractivity contribution in [2.75, 3.05) is 11.1 Å². The summed E-state index contributed by atoms with van der Waals surface area (Å²) in [7, 11) is 0. The molecule has 0 aliphatic heterocycles. The van der Waals surface area contributed by atoms with E-state index in [1.54, 1.807) is 13.8 Å². The third-order valence-corrected chi connectivity index (χ3v) is 2.60. The Bertz CT molecular complexity index is 642. The molecule has 7 heteroatoms. The van der Waals surface area contributed by atoms with E-state index in [2.05, 4.69) is 20.5 Å². The van der Waals surface area contributed by atoms with Gasteiger partial charge in [0.05, 0.1) is 17.0 Å². The van der Waals surface area contributed by atoms with E-state index < -0.39 is 5.91 Å². The molecule has 0 atom stereocenters. The molecular formula is C12H13N5O2. The first-order valence-corrected chi connectivity index (χ1v) is 5.55.